The number of hydrogen-bond acceptors (Lipinski definition) is 4. The summed E-state index contributed by atoms with van der Waals surface area (Å²) >= 11 is 6.21. The molecule has 0 radical (unpaired) electrons. The van der Waals surface area contributed by atoms with Gasteiger partial charge in [-0.2, -0.15) is 0 Å². The van der Waals surface area contributed by atoms with Gasteiger partial charge in [0.15, 0.2) is 0 Å². The fourth-order valence-corrected chi connectivity index (χ4v) is 2.75. The number of aryl methyl sites for hydroxylation is 1. The van der Waals surface area contributed by atoms with Crippen molar-refractivity contribution in [3.8, 4) is 0 Å². The van der Waals surface area contributed by atoms with Crippen molar-refractivity contribution < 1.29 is 4.74 Å². The molecule has 1 atom stereocenters. The van der Waals surface area contributed by atoms with Gasteiger partial charge in [0.25, 0.3) is 0 Å². The van der Waals surface area contributed by atoms with Crippen molar-refractivity contribution in [2.24, 2.45) is 5.92 Å². The Bertz CT molecular complexity index is 447. The van der Waals surface area contributed by atoms with E-state index in [1.165, 1.54) is 0 Å². The van der Waals surface area contributed by atoms with Crippen LogP contribution in [0, 0.1) is 12.8 Å². The third kappa shape index (κ3) is 3.83. The van der Waals surface area contributed by atoms with E-state index in [0.29, 0.717) is 17.1 Å². The maximum Gasteiger partial charge on any atom is 0.137 e. The van der Waals surface area contributed by atoms with E-state index in [4.69, 9.17) is 16.3 Å². The van der Waals surface area contributed by atoms with E-state index >= 15 is 0 Å². The molecule has 1 N–H and O–H groups in total. The highest BCUT2D eigenvalue weighted by molar-refractivity contribution is 6.30. The summed E-state index contributed by atoms with van der Waals surface area (Å²) < 4.78 is 5.42. The molecule has 0 bridgehead atoms. The Morgan fingerprint density at radius 3 is 2.70 bits per heavy atom. The van der Waals surface area contributed by atoms with Crippen LogP contribution in [-0.2, 0) is 11.2 Å². The lowest BCUT2D eigenvalue weighted by Crippen LogP contribution is -2.31. The quantitative estimate of drug-likeness (QED) is 0.843. The van der Waals surface area contributed by atoms with E-state index in [-0.39, 0.29) is 0 Å². The summed E-state index contributed by atoms with van der Waals surface area (Å²) in [7, 11) is 0. The smallest absolute Gasteiger partial charge is 0.137 e. The second kappa shape index (κ2) is 7.23. The number of halogens is 1. The van der Waals surface area contributed by atoms with Gasteiger partial charge in [-0.15, -0.1) is 0 Å². The van der Waals surface area contributed by atoms with Gasteiger partial charge in [0.1, 0.15) is 16.8 Å². The molecule has 1 aliphatic rings. The first kappa shape index (κ1) is 15.5. The van der Waals surface area contributed by atoms with Crippen LogP contribution < -0.4 is 5.32 Å². The molecule has 0 amide bonds. The molecule has 1 unspecified atom stereocenters. The first-order chi connectivity index (χ1) is 9.61. The Labute approximate surface area is 126 Å². The summed E-state index contributed by atoms with van der Waals surface area (Å²) in [5.74, 6) is 2.34. The first-order valence-corrected chi connectivity index (χ1v) is 7.87. The van der Waals surface area contributed by atoms with Crippen LogP contribution in [0.3, 0.4) is 0 Å². The zero-order chi connectivity index (χ0) is 14.5. The highest BCUT2D eigenvalue weighted by Crippen LogP contribution is 2.25. The van der Waals surface area contributed by atoms with Crippen molar-refractivity contribution in [3.05, 3.63) is 16.5 Å². The number of rotatable bonds is 5. The molecule has 112 valence electrons. The molecular formula is C15H24ClN3O. The van der Waals surface area contributed by atoms with Gasteiger partial charge < -0.3 is 10.1 Å². The summed E-state index contributed by atoms with van der Waals surface area (Å²) in [6.45, 7) is 8.03. The molecule has 2 rings (SSSR count). The number of ether oxygens (including phenoxy) is 1. The van der Waals surface area contributed by atoms with Crippen molar-refractivity contribution in [2.45, 2.75) is 52.5 Å². The van der Waals surface area contributed by atoms with Crippen LogP contribution in [0.5, 0.6) is 0 Å². The van der Waals surface area contributed by atoms with Crippen LogP contribution in [0.15, 0.2) is 0 Å². The topological polar surface area (TPSA) is 47.0 Å². The summed E-state index contributed by atoms with van der Waals surface area (Å²) in [6, 6.07) is 0.373. The molecule has 2 heterocycles. The summed E-state index contributed by atoms with van der Waals surface area (Å²) in [5.41, 5.74) is 0.936. The zero-order valence-electron chi connectivity index (χ0n) is 12.6. The molecule has 1 aliphatic heterocycles. The third-order valence-electron chi connectivity index (χ3n) is 3.94. The third-order valence-corrected chi connectivity index (χ3v) is 4.31. The largest absolute Gasteiger partial charge is 0.381 e. The maximum atomic E-state index is 6.21. The van der Waals surface area contributed by atoms with E-state index in [2.05, 4.69) is 29.1 Å². The summed E-state index contributed by atoms with van der Waals surface area (Å²) in [6.07, 6.45) is 4.09. The van der Waals surface area contributed by atoms with E-state index in [9.17, 15) is 0 Å². The number of nitrogens with zero attached hydrogens (tertiary/aromatic N) is 2. The number of nitrogens with one attached hydrogen (secondary N) is 1. The number of aromatic nitrogens is 2. The average Bonchev–Trinajstić information content (AvgIpc) is 2.45. The van der Waals surface area contributed by atoms with Crippen LogP contribution in [-0.4, -0.2) is 29.2 Å². The van der Waals surface area contributed by atoms with E-state index in [0.717, 1.165) is 56.1 Å². The lowest BCUT2D eigenvalue weighted by Gasteiger charge is -2.29. The first-order valence-electron chi connectivity index (χ1n) is 7.49. The molecule has 0 aromatic carbocycles. The fraction of sp³-hybridized carbons (Fsp3) is 0.733. The zero-order valence-corrected chi connectivity index (χ0v) is 13.3. The van der Waals surface area contributed by atoms with Gasteiger partial charge in [-0.25, -0.2) is 9.97 Å². The van der Waals surface area contributed by atoms with Crippen molar-refractivity contribution in [1.82, 2.24) is 9.97 Å². The summed E-state index contributed by atoms with van der Waals surface area (Å²) in [4.78, 5) is 8.96. The molecule has 1 aromatic heterocycles. The lowest BCUT2D eigenvalue weighted by atomic mass is 9.93. The molecule has 1 aromatic rings. The second-order valence-corrected chi connectivity index (χ2v) is 5.90. The fourth-order valence-electron chi connectivity index (χ4n) is 2.56. The van der Waals surface area contributed by atoms with E-state index in [1.807, 2.05) is 6.92 Å². The molecule has 20 heavy (non-hydrogen) atoms. The van der Waals surface area contributed by atoms with Gasteiger partial charge in [0, 0.05) is 31.2 Å². The van der Waals surface area contributed by atoms with Crippen molar-refractivity contribution in [2.75, 3.05) is 18.5 Å². The van der Waals surface area contributed by atoms with Crippen LogP contribution in [0.25, 0.3) is 0 Å². The second-order valence-electron chi connectivity index (χ2n) is 5.54. The Balaban J connectivity index is 2.10. The van der Waals surface area contributed by atoms with Crippen LogP contribution >= 0.6 is 11.6 Å². The Morgan fingerprint density at radius 2 is 2.05 bits per heavy atom. The maximum absolute atomic E-state index is 6.21. The van der Waals surface area contributed by atoms with Crippen LogP contribution in [0.4, 0.5) is 5.82 Å². The molecule has 4 nitrogen and oxygen atoms in total. The molecule has 5 heteroatoms. The highest BCUT2D eigenvalue weighted by Gasteiger charge is 2.21. The minimum atomic E-state index is 0.373. The molecular weight excluding hydrogens is 274 g/mol. The predicted octanol–water partition coefficient (Wildman–Crippen LogP) is 3.62. The van der Waals surface area contributed by atoms with Gasteiger partial charge >= 0.3 is 0 Å². The lowest BCUT2D eigenvalue weighted by molar-refractivity contribution is 0.0622. The van der Waals surface area contributed by atoms with Crippen LogP contribution in [0.2, 0.25) is 5.15 Å². The number of hydrogen-bond donors (Lipinski definition) is 1. The minimum absolute atomic E-state index is 0.373. The van der Waals surface area contributed by atoms with Crippen molar-refractivity contribution >= 4 is 17.4 Å². The summed E-state index contributed by atoms with van der Waals surface area (Å²) in [5, 5.41) is 4.09. The van der Waals surface area contributed by atoms with Crippen molar-refractivity contribution in [1.29, 1.82) is 0 Å². The van der Waals surface area contributed by atoms with Crippen LogP contribution in [0.1, 0.15) is 44.5 Å². The molecule has 1 fully saturated rings. The minimum Gasteiger partial charge on any atom is -0.381 e. The van der Waals surface area contributed by atoms with Gasteiger partial charge in [-0.3, -0.25) is 0 Å². The average molecular weight is 298 g/mol. The predicted molar refractivity (Wildman–Crippen MR) is 82.4 cm³/mol. The van der Waals surface area contributed by atoms with E-state index < -0.39 is 0 Å². The van der Waals surface area contributed by atoms with Crippen molar-refractivity contribution in [3.63, 3.8) is 0 Å². The van der Waals surface area contributed by atoms with Gasteiger partial charge in [0.2, 0.25) is 0 Å². The highest BCUT2D eigenvalue weighted by atomic mass is 35.5. The van der Waals surface area contributed by atoms with Gasteiger partial charge in [-0.05, 0) is 39.0 Å². The monoisotopic (exact) mass is 297 g/mol. The van der Waals surface area contributed by atoms with Gasteiger partial charge in [-0.1, -0.05) is 18.5 Å². The van der Waals surface area contributed by atoms with Gasteiger partial charge in [0.05, 0.1) is 0 Å². The normalized spacial score (nSPS) is 18.0. The Hall–Kier alpha value is -0.870. The molecule has 0 spiro atoms. The standard InChI is InChI=1S/C15H24ClN3O/c1-4-5-13-18-14(16)10(2)15(19-13)17-11(3)12-6-8-20-9-7-12/h11-12H,4-9H2,1-3H3,(H,17,18,19). The number of anilines is 1. The SMILES string of the molecule is CCCc1nc(Cl)c(C)c(NC(C)C2CCOCC2)n1. The Kier molecular flexibility index (Phi) is 5.61. The molecule has 0 saturated carbocycles. The molecule has 1 saturated heterocycles. The Morgan fingerprint density at radius 1 is 1.35 bits per heavy atom. The molecule has 0 aliphatic carbocycles. The van der Waals surface area contributed by atoms with E-state index in [1.54, 1.807) is 0 Å².